The van der Waals surface area contributed by atoms with E-state index < -0.39 is 5.60 Å². The Kier molecular flexibility index (Phi) is 3.83. The van der Waals surface area contributed by atoms with E-state index in [4.69, 9.17) is 4.98 Å². The lowest BCUT2D eigenvalue weighted by molar-refractivity contribution is -0.0411. The topological polar surface area (TPSA) is 69.2 Å². The fourth-order valence-electron chi connectivity index (χ4n) is 4.63. The van der Waals surface area contributed by atoms with Crippen molar-refractivity contribution >= 4 is 16.9 Å². The maximum Gasteiger partial charge on any atom is 0.260 e. The predicted molar refractivity (Wildman–Crippen MR) is 95.3 cm³/mol. The van der Waals surface area contributed by atoms with Gasteiger partial charge in [0.2, 0.25) is 5.95 Å². The van der Waals surface area contributed by atoms with Crippen molar-refractivity contribution in [1.82, 2.24) is 9.97 Å². The minimum absolute atomic E-state index is 0.0864. The second-order valence-electron chi connectivity index (χ2n) is 7.52. The van der Waals surface area contributed by atoms with Gasteiger partial charge in [0, 0.05) is 18.5 Å². The highest BCUT2D eigenvalue weighted by Crippen LogP contribution is 2.41. The van der Waals surface area contributed by atoms with Gasteiger partial charge in [-0.15, -0.1) is 0 Å². The third-order valence-electron chi connectivity index (χ3n) is 5.88. The van der Waals surface area contributed by atoms with Gasteiger partial charge in [-0.2, -0.15) is 0 Å². The van der Waals surface area contributed by atoms with Crippen molar-refractivity contribution in [3.63, 3.8) is 0 Å². The third kappa shape index (κ3) is 2.61. The predicted octanol–water partition coefficient (Wildman–Crippen LogP) is 2.83. The van der Waals surface area contributed by atoms with Crippen LogP contribution in [-0.4, -0.2) is 33.3 Å². The maximum atomic E-state index is 12.4. The highest BCUT2D eigenvalue weighted by Gasteiger charge is 2.43. The SMILES string of the molecule is C[C@]1(O)CCCC[C@@H]1[C@H]1CCCN1c1nc2ccccc2c(=O)[nH]1. The first-order chi connectivity index (χ1) is 11.6. The average molecular weight is 327 g/mol. The molecule has 1 aromatic heterocycles. The van der Waals surface area contributed by atoms with E-state index in [0.717, 1.165) is 44.2 Å². The number of aromatic nitrogens is 2. The molecule has 2 fully saturated rings. The van der Waals surface area contributed by atoms with Crippen LogP contribution in [-0.2, 0) is 0 Å². The van der Waals surface area contributed by atoms with Gasteiger partial charge in [-0.1, -0.05) is 25.0 Å². The lowest BCUT2D eigenvalue weighted by atomic mass is 9.72. The van der Waals surface area contributed by atoms with Crippen LogP contribution in [0.1, 0.15) is 45.4 Å². The Hall–Kier alpha value is -1.88. The number of para-hydroxylation sites is 1. The summed E-state index contributed by atoms with van der Waals surface area (Å²) in [6.45, 7) is 2.86. The van der Waals surface area contributed by atoms with Crippen LogP contribution in [0.5, 0.6) is 0 Å². The first kappa shape index (κ1) is 15.6. The van der Waals surface area contributed by atoms with Crippen LogP contribution in [0.4, 0.5) is 5.95 Å². The van der Waals surface area contributed by atoms with Crippen LogP contribution in [0.25, 0.3) is 10.9 Å². The highest BCUT2D eigenvalue weighted by atomic mass is 16.3. The summed E-state index contributed by atoms with van der Waals surface area (Å²) in [5.74, 6) is 0.896. The molecule has 3 atom stereocenters. The molecule has 1 saturated heterocycles. The van der Waals surface area contributed by atoms with E-state index >= 15 is 0 Å². The lowest BCUT2D eigenvalue weighted by Gasteiger charge is -2.43. The van der Waals surface area contributed by atoms with Crippen molar-refractivity contribution in [3.8, 4) is 0 Å². The van der Waals surface area contributed by atoms with Gasteiger partial charge in [0.1, 0.15) is 0 Å². The molecule has 1 saturated carbocycles. The van der Waals surface area contributed by atoms with Gasteiger partial charge in [0.25, 0.3) is 5.56 Å². The molecule has 1 aromatic carbocycles. The first-order valence-electron chi connectivity index (χ1n) is 9.04. The number of nitrogens with zero attached hydrogens (tertiary/aromatic N) is 2. The zero-order valence-corrected chi connectivity index (χ0v) is 14.2. The quantitative estimate of drug-likeness (QED) is 0.890. The molecule has 0 spiro atoms. The first-order valence-corrected chi connectivity index (χ1v) is 9.04. The van der Waals surface area contributed by atoms with Crippen LogP contribution in [0, 0.1) is 5.92 Å². The molecule has 24 heavy (non-hydrogen) atoms. The van der Waals surface area contributed by atoms with Gasteiger partial charge in [-0.25, -0.2) is 4.98 Å². The molecule has 2 aliphatic rings. The van der Waals surface area contributed by atoms with Crippen molar-refractivity contribution in [2.24, 2.45) is 5.92 Å². The maximum absolute atomic E-state index is 12.4. The monoisotopic (exact) mass is 327 g/mol. The molecule has 5 nitrogen and oxygen atoms in total. The Morgan fingerprint density at radius 3 is 2.92 bits per heavy atom. The van der Waals surface area contributed by atoms with Crippen molar-refractivity contribution < 1.29 is 5.11 Å². The summed E-state index contributed by atoms with van der Waals surface area (Å²) >= 11 is 0. The second-order valence-corrected chi connectivity index (χ2v) is 7.52. The third-order valence-corrected chi connectivity index (χ3v) is 5.88. The summed E-state index contributed by atoms with van der Waals surface area (Å²) in [5.41, 5.74) is 0.0248. The summed E-state index contributed by atoms with van der Waals surface area (Å²) in [7, 11) is 0. The van der Waals surface area contributed by atoms with Gasteiger partial charge >= 0.3 is 0 Å². The summed E-state index contributed by atoms with van der Waals surface area (Å²) in [6.07, 6.45) is 6.31. The Morgan fingerprint density at radius 1 is 1.25 bits per heavy atom. The molecule has 2 aromatic rings. The van der Waals surface area contributed by atoms with Gasteiger partial charge in [-0.05, 0) is 44.7 Å². The fourth-order valence-corrected chi connectivity index (χ4v) is 4.63. The van der Waals surface area contributed by atoms with Crippen LogP contribution in [0.2, 0.25) is 0 Å². The number of H-pyrrole nitrogens is 1. The Balaban J connectivity index is 1.71. The van der Waals surface area contributed by atoms with Crippen molar-refractivity contribution in [3.05, 3.63) is 34.6 Å². The summed E-state index contributed by atoms with van der Waals surface area (Å²) in [6, 6.07) is 7.71. The lowest BCUT2D eigenvalue weighted by Crippen LogP contribution is -2.49. The van der Waals surface area contributed by atoms with Gasteiger partial charge < -0.3 is 10.0 Å². The molecule has 2 N–H and O–H groups in total. The molecule has 1 aliphatic carbocycles. The van der Waals surface area contributed by atoms with E-state index in [1.165, 1.54) is 6.42 Å². The molecule has 0 radical (unpaired) electrons. The Labute approximate surface area is 141 Å². The van der Waals surface area contributed by atoms with Crippen LogP contribution in [0.3, 0.4) is 0 Å². The van der Waals surface area contributed by atoms with E-state index in [-0.39, 0.29) is 17.5 Å². The highest BCUT2D eigenvalue weighted by molar-refractivity contribution is 5.78. The molecule has 2 heterocycles. The molecule has 0 amide bonds. The van der Waals surface area contributed by atoms with Crippen LogP contribution in [0.15, 0.2) is 29.1 Å². The standard InChI is InChI=1S/C19H25N3O2/c1-19(24)11-5-4-8-14(19)16-10-6-12-22(16)18-20-15-9-3-2-7-13(15)17(23)21-18/h2-3,7,9,14,16,24H,4-6,8,10-12H2,1H3,(H,20,21,23)/t14-,16-,19+/m1/s1. The van der Waals surface area contributed by atoms with Crippen molar-refractivity contribution in [1.29, 1.82) is 0 Å². The molecule has 1 aliphatic heterocycles. The second kappa shape index (κ2) is 5.88. The zero-order chi connectivity index (χ0) is 16.7. The van der Waals surface area contributed by atoms with Gasteiger partial charge in [0.05, 0.1) is 16.5 Å². The Morgan fingerprint density at radius 2 is 2.08 bits per heavy atom. The number of anilines is 1. The number of rotatable bonds is 2. The van der Waals surface area contributed by atoms with E-state index in [1.54, 1.807) is 6.07 Å². The van der Waals surface area contributed by atoms with Crippen molar-refractivity contribution in [2.75, 3.05) is 11.4 Å². The van der Waals surface area contributed by atoms with Crippen LogP contribution < -0.4 is 10.5 Å². The van der Waals surface area contributed by atoms with E-state index in [1.807, 2.05) is 25.1 Å². The molecule has 128 valence electrons. The number of nitrogens with one attached hydrogen (secondary N) is 1. The van der Waals surface area contributed by atoms with Gasteiger partial charge in [-0.3, -0.25) is 9.78 Å². The number of aromatic amines is 1. The number of hydrogen-bond donors (Lipinski definition) is 2. The molecule has 4 rings (SSSR count). The summed E-state index contributed by atoms with van der Waals surface area (Å²) in [5, 5.41) is 11.5. The summed E-state index contributed by atoms with van der Waals surface area (Å²) < 4.78 is 0. The molecule has 5 heteroatoms. The number of fused-ring (bicyclic) bond motifs is 1. The van der Waals surface area contributed by atoms with E-state index in [2.05, 4.69) is 9.88 Å². The van der Waals surface area contributed by atoms with Gasteiger partial charge in [0.15, 0.2) is 0 Å². The summed E-state index contributed by atoms with van der Waals surface area (Å²) in [4.78, 5) is 22.3. The average Bonchev–Trinajstić information content (AvgIpc) is 3.03. The van der Waals surface area contributed by atoms with E-state index in [9.17, 15) is 9.90 Å². The number of benzene rings is 1. The molecular weight excluding hydrogens is 302 g/mol. The smallest absolute Gasteiger partial charge is 0.260 e. The number of hydrogen-bond acceptors (Lipinski definition) is 4. The minimum Gasteiger partial charge on any atom is -0.390 e. The minimum atomic E-state index is -0.622. The fraction of sp³-hybridized carbons (Fsp3) is 0.579. The largest absolute Gasteiger partial charge is 0.390 e. The molecular formula is C19H25N3O2. The molecule has 0 bridgehead atoms. The van der Waals surface area contributed by atoms with Crippen molar-refractivity contribution in [2.45, 2.75) is 57.1 Å². The van der Waals surface area contributed by atoms with Crippen LogP contribution >= 0.6 is 0 Å². The number of aliphatic hydroxyl groups is 1. The normalized spacial score (nSPS) is 30.8. The zero-order valence-electron chi connectivity index (χ0n) is 14.2. The van der Waals surface area contributed by atoms with E-state index in [0.29, 0.717) is 11.3 Å². The molecule has 0 unspecified atom stereocenters. The Bertz CT molecular complexity index is 799.